The molecule has 0 atom stereocenters. The molecule has 0 nitrogen and oxygen atoms in total. The van der Waals surface area contributed by atoms with E-state index in [1.807, 2.05) is 0 Å². The Bertz CT molecular complexity index is 250. The van der Waals surface area contributed by atoms with E-state index in [2.05, 4.69) is 39.0 Å². The van der Waals surface area contributed by atoms with Gasteiger partial charge in [-0.2, -0.15) is 0 Å². The lowest BCUT2D eigenvalue weighted by atomic mass is 10.0. The molecule has 1 aromatic rings. The van der Waals surface area contributed by atoms with Crippen LogP contribution >= 0.6 is 0 Å². The second-order valence-electron chi connectivity index (χ2n) is 4.64. The lowest BCUT2D eigenvalue weighted by Gasteiger charge is -2.05. The van der Waals surface area contributed by atoms with Crippen LogP contribution in [-0.2, 0) is 0 Å². The highest BCUT2D eigenvalue weighted by molar-refractivity contribution is 5.31. The molecular weight excluding hydrogens is 180 g/mol. The van der Waals surface area contributed by atoms with Crippen molar-refractivity contribution in [1.29, 1.82) is 0 Å². The van der Waals surface area contributed by atoms with Crippen LogP contribution < -0.4 is 0 Å². The third kappa shape index (κ3) is 4.51. The molecule has 1 aliphatic carbocycles. The van der Waals surface area contributed by atoms with Crippen molar-refractivity contribution in [2.45, 2.75) is 59.3 Å². The molecular formula is C15H24. The molecule has 0 N–H and O–H groups in total. The summed E-state index contributed by atoms with van der Waals surface area (Å²) in [6.45, 7) is 6.44. The summed E-state index contributed by atoms with van der Waals surface area (Å²) in [7, 11) is 0. The van der Waals surface area contributed by atoms with E-state index in [4.69, 9.17) is 0 Å². The molecule has 0 unspecified atom stereocenters. The average molecular weight is 204 g/mol. The highest BCUT2D eigenvalue weighted by Crippen LogP contribution is 2.15. The number of benzene rings is 1. The number of hydrogen-bond donors (Lipinski definition) is 0. The zero-order valence-electron chi connectivity index (χ0n) is 10.5. The molecule has 2 rings (SSSR count). The van der Waals surface area contributed by atoms with Crippen molar-refractivity contribution >= 4 is 0 Å². The summed E-state index contributed by atoms with van der Waals surface area (Å²) < 4.78 is 0. The maximum Gasteiger partial charge on any atom is -0.0392 e. The summed E-state index contributed by atoms with van der Waals surface area (Å²) in [6, 6.07) is 6.38. The number of rotatable bonds is 0. The maximum atomic E-state index is 2.16. The van der Waals surface area contributed by atoms with Crippen molar-refractivity contribution in [2.24, 2.45) is 0 Å². The lowest BCUT2D eigenvalue weighted by Crippen LogP contribution is -1.85. The third-order valence-electron chi connectivity index (χ3n) is 3.38. The van der Waals surface area contributed by atoms with Crippen LogP contribution in [-0.4, -0.2) is 0 Å². The summed E-state index contributed by atoms with van der Waals surface area (Å²) in [5.74, 6) is 0. The fourth-order valence-electron chi connectivity index (χ4n) is 1.96. The van der Waals surface area contributed by atoms with Crippen molar-refractivity contribution in [3.05, 3.63) is 34.9 Å². The summed E-state index contributed by atoms with van der Waals surface area (Å²) in [4.78, 5) is 0. The Morgan fingerprint density at radius 1 is 0.667 bits per heavy atom. The van der Waals surface area contributed by atoms with Gasteiger partial charge < -0.3 is 0 Å². The van der Waals surface area contributed by atoms with Crippen molar-refractivity contribution in [2.75, 3.05) is 0 Å². The minimum absolute atomic E-state index is 1.38. The quantitative estimate of drug-likeness (QED) is 0.560. The zero-order valence-corrected chi connectivity index (χ0v) is 10.5. The molecule has 0 spiro atoms. The molecule has 0 radical (unpaired) electrons. The summed E-state index contributed by atoms with van der Waals surface area (Å²) in [6.07, 6.45) is 9.00. The van der Waals surface area contributed by atoms with Gasteiger partial charge in [0.05, 0.1) is 0 Å². The molecule has 15 heavy (non-hydrogen) atoms. The fraction of sp³-hybridized carbons (Fsp3) is 0.600. The van der Waals surface area contributed by atoms with Crippen LogP contribution in [0.5, 0.6) is 0 Å². The van der Waals surface area contributed by atoms with Gasteiger partial charge >= 0.3 is 0 Å². The van der Waals surface area contributed by atoms with Crippen LogP contribution in [0.15, 0.2) is 18.2 Å². The molecule has 0 heterocycles. The number of aryl methyl sites for hydroxylation is 2. The molecule has 0 aliphatic heterocycles. The SMILES string of the molecule is C1CCCCC1.Cc1cccc(C)c1C. The Labute approximate surface area is 94.7 Å². The van der Waals surface area contributed by atoms with Gasteiger partial charge in [-0.05, 0) is 37.5 Å². The molecule has 1 fully saturated rings. The standard InChI is InChI=1S/C9H12.C6H12/c1-7-5-4-6-8(2)9(7)3;1-2-4-6-5-3-1/h4-6H,1-3H3;1-6H2. The van der Waals surface area contributed by atoms with Crippen LogP contribution in [0.4, 0.5) is 0 Å². The Balaban J connectivity index is 0.000000162. The van der Waals surface area contributed by atoms with Gasteiger partial charge in [0, 0.05) is 0 Å². The van der Waals surface area contributed by atoms with E-state index in [1.165, 1.54) is 55.2 Å². The molecule has 0 amide bonds. The van der Waals surface area contributed by atoms with Gasteiger partial charge in [-0.1, -0.05) is 56.7 Å². The first-order valence-electron chi connectivity index (χ1n) is 6.24. The predicted molar refractivity (Wildman–Crippen MR) is 68.4 cm³/mol. The topological polar surface area (TPSA) is 0 Å². The van der Waals surface area contributed by atoms with Crippen LogP contribution in [0.3, 0.4) is 0 Å². The molecule has 1 saturated carbocycles. The predicted octanol–water partition coefficient (Wildman–Crippen LogP) is 4.95. The van der Waals surface area contributed by atoms with Gasteiger partial charge in [-0.25, -0.2) is 0 Å². The summed E-state index contributed by atoms with van der Waals surface area (Å²) in [5.41, 5.74) is 4.18. The second-order valence-corrected chi connectivity index (χ2v) is 4.64. The van der Waals surface area contributed by atoms with Gasteiger partial charge in [0.1, 0.15) is 0 Å². The van der Waals surface area contributed by atoms with E-state index in [1.54, 1.807) is 0 Å². The van der Waals surface area contributed by atoms with Gasteiger partial charge in [0.2, 0.25) is 0 Å². The van der Waals surface area contributed by atoms with E-state index in [-0.39, 0.29) is 0 Å². The highest BCUT2D eigenvalue weighted by Gasteiger charge is 1.95. The third-order valence-corrected chi connectivity index (χ3v) is 3.38. The Morgan fingerprint density at radius 2 is 1.00 bits per heavy atom. The van der Waals surface area contributed by atoms with E-state index in [9.17, 15) is 0 Å². The van der Waals surface area contributed by atoms with Gasteiger partial charge in [-0.3, -0.25) is 0 Å². The van der Waals surface area contributed by atoms with Gasteiger partial charge in [0.15, 0.2) is 0 Å². The van der Waals surface area contributed by atoms with Gasteiger partial charge in [-0.15, -0.1) is 0 Å². The molecule has 0 aromatic heterocycles. The van der Waals surface area contributed by atoms with Crippen LogP contribution in [0.1, 0.15) is 55.2 Å². The van der Waals surface area contributed by atoms with E-state index in [0.29, 0.717) is 0 Å². The maximum absolute atomic E-state index is 2.16. The first-order valence-corrected chi connectivity index (χ1v) is 6.24. The Kier molecular flexibility index (Phi) is 5.45. The van der Waals surface area contributed by atoms with Gasteiger partial charge in [0.25, 0.3) is 0 Å². The fourth-order valence-corrected chi connectivity index (χ4v) is 1.96. The van der Waals surface area contributed by atoms with Crippen LogP contribution in [0.2, 0.25) is 0 Å². The van der Waals surface area contributed by atoms with Crippen molar-refractivity contribution < 1.29 is 0 Å². The molecule has 1 aliphatic rings. The lowest BCUT2D eigenvalue weighted by molar-refractivity contribution is 0.504. The summed E-state index contributed by atoms with van der Waals surface area (Å²) in [5, 5.41) is 0. The molecule has 84 valence electrons. The Morgan fingerprint density at radius 3 is 1.27 bits per heavy atom. The van der Waals surface area contributed by atoms with Crippen LogP contribution in [0.25, 0.3) is 0 Å². The molecule has 0 saturated heterocycles. The smallest absolute Gasteiger partial charge is 0.0392 e. The normalized spacial score (nSPS) is 15.4. The second kappa shape index (κ2) is 6.66. The Hall–Kier alpha value is -0.780. The largest absolute Gasteiger partial charge is 0.0617 e. The van der Waals surface area contributed by atoms with Crippen molar-refractivity contribution in [1.82, 2.24) is 0 Å². The van der Waals surface area contributed by atoms with Crippen LogP contribution in [0, 0.1) is 20.8 Å². The zero-order chi connectivity index (χ0) is 11.1. The monoisotopic (exact) mass is 204 g/mol. The molecule has 0 bridgehead atoms. The first kappa shape index (κ1) is 12.3. The molecule has 1 aromatic carbocycles. The highest BCUT2D eigenvalue weighted by atomic mass is 14.0. The minimum Gasteiger partial charge on any atom is -0.0617 e. The van der Waals surface area contributed by atoms with Crippen molar-refractivity contribution in [3.63, 3.8) is 0 Å². The van der Waals surface area contributed by atoms with Crippen molar-refractivity contribution in [3.8, 4) is 0 Å². The molecule has 0 heteroatoms. The minimum atomic E-state index is 1.38. The number of hydrogen-bond acceptors (Lipinski definition) is 0. The van der Waals surface area contributed by atoms with E-state index < -0.39 is 0 Å². The first-order chi connectivity index (χ1) is 7.22. The van der Waals surface area contributed by atoms with E-state index >= 15 is 0 Å². The van der Waals surface area contributed by atoms with E-state index in [0.717, 1.165) is 0 Å². The average Bonchev–Trinajstić information content (AvgIpc) is 2.29. The summed E-state index contributed by atoms with van der Waals surface area (Å²) >= 11 is 0.